The number of ether oxygens (including phenoxy) is 1. The minimum atomic E-state index is -3.27. The van der Waals surface area contributed by atoms with Crippen molar-refractivity contribution < 1.29 is 13.2 Å². The van der Waals surface area contributed by atoms with E-state index in [1.165, 1.54) is 9.87 Å². The van der Waals surface area contributed by atoms with Crippen LogP contribution >= 0.6 is 35.6 Å². The lowest BCUT2D eigenvalue weighted by Gasteiger charge is -2.26. The Morgan fingerprint density at radius 1 is 1.29 bits per heavy atom. The van der Waals surface area contributed by atoms with Crippen LogP contribution in [-0.4, -0.2) is 70.9 Å². The van der Waals surface area contributed by atoms with Crippen LogP contribution in [0.4, 0.5) is 0 Å². The number of aliphatic imine (C=N–C) groups is 1. The highest BCUT2D eigenvalue weighted by Crippen LogP contribution is 2.48. The summed E-state index contributed by atoms with van der Waals surface area (Å²) < 4.78 is 31.4. The van der Waals surface area contributed by atoms with Crippen molar-refractivity contribution in [2.24, 2.45) is 4.99 Å². The summed E-state index contributed by atoms with van der Waals surface area (Å²) in [5.41, 5.74) is 1.32. The number of nitrogens with one attached hydrogen (secondary N) is 2. The molecule has 3 rings (SSSR count). The Kier molecular flexibility index (Phi) is 8.80. The van der Waals surface area contributed by atoms with E-state index in [1.54, 1.807) is 7.05 Å². The minimum absolute atomic E-state index is 0. The van der Waals surface area contributed by atoms with Gasteiger partial charge in [-0.1, -0.05) is 23.7 Å². The molecule has 2 fully saturated rings. The third-order valence-electron chi connectivity index (χ3n) is 5.12. The van der Waals surface area contributed by atoms with Crippen LogP contribution in [0.1, 0.15) is 18.4 Å². The van der Waals surface area contributed by atoms with E-state index in [4.69, 9.17) is 16.3 Å². The second-order valence-corrected chi connectivity index (χ2v) is 9.50. The highest BCUT2D eigenvalue weighted by Gasteiger charge is 2.44. The zero-order valence-electron chi connectivity index (χ0n) is 16.0. The topological polar surface area (TPSA) is 83.0 Å². The first-order valence-electron chi connectivity index (χ1n) is 9.21. The van der Waals surface area contributed by atoms with Crippen LogP contribution in [0.25, 0.3) is 0 Å². The summed E-state index contributed by atoms with van der Waals surface area (Å²) in [5.74, 6) is 0.646. The van der Waals surface area contributed by atoms with Crippen LogP contribution in [-0.2, 0) is 20.2 Å². The van der Waals surface area contributed by atoms with Crippen molar-refractivity contribution >= 4 is 51.6 Å². The Hall–Kier alpha value is -0.620. The second kappa shape index (κ2) is 10.4. The van der Waals surface area contributed by atoms with E-state index in [9.17, 15) is 8.42 Å². The van der Waals surface area contributed by atoms with Gasteiger partial charge < -0.3 is 15.4 Å². The highest BCUT2D eigenvalue weighted by atomic mass is 127. The van der Waals surface area contributed by atoms with Crippen molar-refractivity contribution in [2.75, 3.05) is 52.2 Å². The lowest BCUT2D eigenvalue weighted by molar-refractivity contribution is 0.0730. The molecule has 2 N–H and O–H groups in total. The number of rotatable bonds is 7. The molecule has 7 nitrogen and oxygen atoms in total. The van der Waals surface area contributed by atoms with E-state index in [2.05, 4.69) is 21.7 Å². The Labute approximate surface area is 189 Å². The average Bonchev–Trinajstić information content (AvgIpc) is 3.46. The summed E-state index contributed by atoms with van der Waals surface area (Å²) in [4.78, 5) is 4.20. The number of nitrogens with zero attached hydrogens (tertiary/aromatic N) is 2. The molecule has 0 unspecified atom stereocenters. The Balaban J connectivity index is 0.00000280. The number of morpholine rings is 1. The maximum absolute atomic E-state index is 12.4. The first kappa shape index (κ1) is 23.7. The van der Waals surface area contributed by atoms with Crippen molar-refractivity contribution in [3.05, 3.63) is 34.9 Å². The largest absolute Gasteiger partial charge is 0.379 e. The second-order valence-electron chi connectivity index (χ2n) is 6.97. The third kappa shape index (κ3) is 6.19. The molecule has 0 bridgehead atoms. The summed E-state index contributed by atoms with van der Waals surface area (Å²) in [6.45, 7) is 2.82. The van der Waals surface area contributed by atoms with Crippen molar-refractivity contribution in [2.45, 2.75) is 18.3 Å². The maximum Gasteiger partial charge on any atom is 0.215 e. The highest BCUT2D eigenvalue weighted by molar-refractivity contribution is 14.0. The lowest BCUT2D eigenvalue weighted by atomic mass is 9.96. The number of halogens is 2. The molecular formula is C18H28ClIN4O3S. The molecule has 1 saturated heterocycles. The SMILES string of the molecule is CN=C(NCCS(=O)(=O)N1CCOCC1)NCC1(c2cccc(Cl)c2)CC1.I. The lowest BCUT2D eigenvalue weighted by Crippen LogP contribution is -2.46. The third-order valence-corrected chi connectivity index (χ3v) is 7.23. The van der Waals surface area contributed by atoms with Gasteiger partial charge in [-0.15, -0.1) is 24.0 Å². The minimum Gasteiger partial charge on any atom is -0.379 e. The summed E-state index contributed by atoms with van der Waals surface area (Å²) in [7, 11) is -1.59. The summed E-state index contributed by atoms with van der Waals surface area (Å²) in [6.07, 6.45) is 2.20. The van der Waals surface area contributed by atoms with Crippen molar-refractivity contribution in [1.82, 2.24) is 14.9 Å². The molecule has 2 aliphatic rings. The standard InChI is InChI=1S/C18H27ClN4O3S.HI/c1-20-17(21-7-12-27(24,25)23-8-10-26-11-9-23)22-14-18(5-6-18)15-3-2-4-16(19)13-15;/h2-4,13H,5-12,14H2,1H3,(H2,20,21,22);1H. The number of sulfonamides is 1. The average molecular weight is 543 g/mol. The molecule has 1 aromatic rings. The van der Waals surface area contributed by atoms with Crippen LogP contribution < -0.4 is 10.6 Å². The molecule has 28 heavy (non-hydrogen) atoms. The van der Waals surface area contributed by atoms with Gasteiger partial charge in [-0.05, 0) is 30.5 Å². The van der Waals surface area contributed by atoms with Gasteiger partial charge in [0.25, 0.3) is 0 Å². The van der Waals surface area contributed by atoms with E-state index in [0.29, 0.717) is 38.8 Å². The van der Waals surface area contributed by atoms with Gasteiger partial charge in [-0.25, -0.2) is 8.42 Å². The quantitative estimate of drug-likeness (QED) is 0.312. The van der Waals surface area contributed by atoms with Gasteiger partial charge in [0.2, 0.25) is 10.0 Å². The van der Waals surface area contributed by atoms with Crippen molar-refractivity contribution in [1.29, 1.82) is 0 Å². The Morgan fingerprint density at radius 2 is 2.00 bits per heavy atom. The first-order valence-corrected chi connectivity index (χ1v) is 11.2. The molecule has 10 heteroatoms. The molecule has 0 amide bonds. The van der Waals surface area contributed by atoms with Gasteiger partial charge in [0, 0.05) is 43.7 Å². The number of benzene rings is 1. The van der Waals surface area contributed by atoms with Crippen LogP contribution in [0, 0.1) is 0 Å². The van der Waals surface area contributed by atoms with Crippen molar-refractivity contribution in [3.63, 3.8) is 0 Å². The monoisotopic (exact) mass is 542 g/mol. The molecule has 0 atom stereocenters. The van der Waals surface area contributed by atoms with Crippen LogP contribution in [0.15, 0.2) is 29.3 Å². The van der Waals surface area contributed by atoms with E-state index < -0.39 is 10.0 Å². The van der Waals surface area contributed by atoms with Gasteiger partial charge >= 0.3 is 0 Å². The number of guanidine groups is 1. The predicted octanol–water partition coefficient (Wildman–Crippen LogP) is 1.82. The van der Waals surface area contributed by atoms with E-state index in [-0.39, 0.29) is 35.1 Å². The molecule has 1 aliphatic carbocycles. The smallest absolute Gasteiger partial charge is 0.215 e. The molecule has 1 aliphatic heterocycles. The summed E-state index contributed by atoms with van der Waals surface area (Å²) >= 11 is 6.12. The van der Waals surface area contributed by atoms with Gasteiger partial charge in [-0.2, -0.15) is 4.31 Å². The van der Waals surface area contributed by atoms with E-state index >= 15 is 0 Å². The fourth-order valence-corrected chi connectivity index (χ4v) is 4.78. The Bertz CT molecular complexity index is 781. The van der Waals surface area contributed by atoms with Crippen molar-refractivity contribution in [3.8, 4) is 0 Å². The summed E-state index contributed by atoms with van der Waals surface area (Å²) in [5, 5.41) is 7.17. The molecule has 1 saturated carbocycles. The van der Waals surface area contributed by atoms with E-state index in [0.717, 1.165) is 24.4 Å². The fourth-order valence-electron chi connectivity index (χ4n) is 3.26. The van der Waals surface area contributed by atoms with Crippen LogP contribution in [0.2, 0.25) is 5.02 Å². The number of hydrogen-bond acceptors (Lipinski definition) is 4. The van der Waals surface area contributed by atoms with Gasteiger partial charge in [0.1, 0.15) is 0 Å². The van der Waals surface area contributed by atoms with E-state index in [1.807, 2.05) is 18.2 Å². The number of hydrogen-bond donors (Lipinski definition) is 2. The zero-order valence-corrected chi connectivity index (χ0v) is 19.9. The van der Waals surface area contributed by atoms with Gasteiger partial charge in [0.05, 0.1) is 19.0 Å². The maximum atomic E-state index is 12.4. The van der Waals surface area contributed by atoms with Gasteiger partial charge in [-0.3, -0.25) is 4.99 Å². The first-order chi connectivity index (χ1) is 13.0. The Morgan fingerprint density at radius 3 is 2.61 bits per heavy atom. The molecule has 0 aromatic heterocycles. The molecule has 1 aromatic carbocycles. The molecule has 0 spiro atoms. The summed E-state index contributed by atoms with van der Waals surface area (Å²) in [6, 6.07) is 7.97. The van der Waals surface area contributed by atoms with Crippen LogP contribution in [0.3, 0.4) is 0 Å². The molecule has 158 valence electrons. The predicted molar refractivity (Wildman–Crippen MR) is 123 cm³/mol. The molecular weight excluding hydrogens is 515 g/mol. The zero-order chi connectivity index (χ0) is 19.3. The molecule has 0 radical (unpaired) electrons. The molecule has 1 heterocycles. The fraction of sp³-hybridized carbons (Fsp3) is 0.611. The van der Waals surface area contributed by atoms with Gasteiger partial charge in [0.15, 0.2) is 5.96 Å². The van der Waals surface area contributed by atoms with Crippen LogP contribution in [0.5, 0.6) is 0 Å². The normalized spacial score (nSPS) is 19.6.